The van der Waals surface area contributed by atoms with Crippen LogP contribution in [0.1, 0.15) is 12.8 Å². The average molecular weight is 216 g/mol. The fourth-order valence-electron chi connectivity index (χ4n) is 0.402. The van der Waals surface area contributed by atoms with Gasteiger partial charge in [-0.15, -0.1) is 5.34 Å². The molecule has 0 heterocycles. The van der Waals surface area contributed by atoms with Crippen LogP contribution >= 0.6 is 0 Å². The van der Waals surface area contributed by atoms with Crippen LogP contribution in [0.2, 0.25) is 0 Å². The summed E-state index contributed by atoms with van der Waals surface area (Å²) in [6.45, 7) is 0. The topological polar surface area (TPSA) is 153 Å². The molecule has 0 aliphatic carbocycles. The molecule has 0 aromatic carbocycles. The third kappa shape index (κ3) is 17.4. The van der Waals surface area contributed by atoms with Crippen LogP contribution in [0.4, 0.5) is 0 Å². The Balaban J connectivity index is -0.000000267. The van der Waals surface area contributed by atoms with Gasteiger partial charge >= 0.3 is 41.5 Å². The van der Waals surface area contributed by atoms with Crippen LogP contribution in [-0.2, 0) is 9.59 Å². The number of hydrogen-bond acceptors (Lipinski definition) is 6. The van der Waals surface area contributed by atoms with Crippen LogP contribution in [0.5, 0.6) is 0 Å². The molecule has 0 aliphatic heterocycles. The predicted molar refractivity (Wildman–Crippen MR) is 41.6 cm³/mol. The number of nitrogens with two attached hydrogens (primary N) is 1. The van der Waals surface area contributed by atoms with Crippen molar-refractivity contribution in [2.24, 2.45) is 11.1 Å². The first-order valence-electron chi connectivity index (χ1n) is 3.10. The Morgan fingerprint density at radius 3 is 2.00 bits per heavy atom. The van der Waals surface area contributed by atoms with Gasteiger partial charge in [-0.2, -0.15) is 0 Å². The molecule has 0 aromatic rings. The van der Waals surface area contributed by atoms with Gasteiger partial charge in [0.1, 0.15) is 6.04 Å². The number of rotatable bonds is 4. The minimum Gasteiger partial charge on any atom is -0.481 e. The number of aliphatic carboxylic acids is 2. The van der Waals surface area contributed by atoms with E-state index >= 15 is 0 Å². The van der Waals surface area contributed by atoms with Crippen molar-refractivity contribution in [1.29, 1.82) is 0 Å². The smallest absolute Gasteiger partial charge is 0.481 e. The molecule has 0 unspecified atom stereocenters. The molecule has 4 N–H and O–H groups in total. The standard InChI is InChI=1S/C5H9NO4.HNO2.Na/c6-3(5(9)10)1-2-4(7)8;2-1-3;/h3H,1-2,6H2,(H,7,8)(H,9,10);(H,2,3);/q;;+1/p-1/t3-;;/m0../s1. The predicted octanol–water partition coefficient (Wildman–Crippen LogP) is -3.48. The Labute approximate surface area is 101 Å². The number of hydrogen-bond donors (Lipinski definition) is 3. The Bertz CT molecular complexity index is 187. The van der Waals surface area contributed by atoms with E-state index in [2.05, 4.69) is 0 Å². The molecule has 0 rings (SSSR count). The van der Waals surface area contributed by atoms with Crippen molar-refractivity contribution >= 4 is 11.9 Å². The van der Waals surface area contributed by atoms with E-state index in [1.807, 2.05) is 0 Å². The number of nitrogens with zero attached hydrogens (tertiary/aromatic N) is 1. The summed E-state index contributed by atoms with van der Waals surface area (Å²) in [4.78, 5) is 27.9. The molecule has 76 valence electrons. The molecule has 0 aliphatic rings. The average Bonchev–Trinajstić information content (AvgIpc) is 2.01. The number of carboxylic acid groups (broad SMARTS) is 2. The second-order valence-corrected chi connectivity index (χ2v) is 1.95. The second-order valence-electron chi connectivity index (χ2n) is 1.95. The third-order valence-corrected chi connectivity index (χ3v) is 0.986. The van der Waals surface area contributed by atoms with E-state index in [1.54, 1.807) is 0 Å². The summed E-state index contributed by atoms with van der Waals surface area (Å²) in [6, 6.07) is -1.06. The fourth-order valence-corrected chi connectivity index (χ4v) is 0.402. The maximum Gasteiger partial charge on any atom is 1.00 e. The van der Waals surface area contributed by atoms with Crippen molar-refractivity contribution < 1.29 is 49.4 Å². The van der Waals surface area contributed by atoms with Crippen molar-refractivity contribution in [2.75, 3.05) is 0 Å². The van der Waals surface area contributed by atoms with Gasteiger partial charge in [-0.1, -0.05) is 0 Å². The third-order valence-electron chi connectivity index (χ3n) is 0.986. The Hall–Kier alpha value is -0.700. The summed E-state index contributed by atoms with van der Waals surface area (Å²) in [5.74, 6) is -2.20. The van der Waals surface area contributed by atoms with E-state index in [0.29, 0.717) is 0 Å². The number of carbonyl (C=O) groups is 2. The largest absolute Gasteiger partial charge is 1.00 e. The van der Waals surface area contributed by atoms with E-state index in [0.717, 1.165) is 5.34 Å². The van der Waals surface area contributed by atoms with Gasteiger partial charge in [0.25, 0.3) is 0 Å². The molecule has 0 saturated carbocycles. The number of carboxylic acids is 2. The zero-order valence-corrected chi connectivity index (χ0v) is 9.54. The summed E-state index contributed by atoms with van der Waals surface area (Å²) in [5.41, 5.74) is 5.00. The van der Waals surface area contributed by atoms with Gasteiger partial charge in [0.05, 0.1) is 0 Å². The first-order valence-corrected chi connectivity index (χ1v) is 3.10. The molecule has 0 fully saturated rings. The van der Waals surface area contributed by atoms with Crippen LogP contribution in [-0.4, -0.2) is 28.2 Å². The summed E-state index contributed by atoms with van der Waals surface area (Å²) < 4.78 is 0. The van der Waals surface area contributed by atoms with Crippen LogP contribution in [0.15, 0.2) is 5.34 Å². The molecule has 0 radical (unpaired) electrons. The van der Waals surface area contributed by atoms with E-state index in [1.165, 1.54) is 0 Å². The van der Waals surface area contributed by atoms with E-state index in [9.17, 15) is 9.59 Å². The monoisotopic (exact) mass is 216 g/mol. The molecule has 0 amide bonds. The zero-order valence-electron chi connectivity index (χ0n) is 7.54. The van der Waals surface area contributed by atoms with Gasteiger partial charge in [-0.05, 0) is 6.42 Å². The summed E-state index contributed by atoms with van der Waals surface area (Å²) in [5, 5.41) is 25.3. The summed E-state index contributed by atoms with van der Waals surface area (Å²) in [6.07, 6.45) is -0.224. The maximum absolute atomic E-state index is 9.99. The van der Waals surface area contributed by atoms with Crippen molar-refractivity contribution in [3.8, 4) is 0 Å². The molecule has 0 spiro atoms. The minimum atomic E-state index is -1.17. The van der Waals surface area contributed by atoms with Crippen LogP contribution in [0.3, 0.4) is 0 Å². The quantitative estimate of drug-likeness (QED) is 0.250. The normalized spacial score (nSPS) is 9.79. The first kappa shape index (κ1) is 19.0. The Morgan fingerprint density at radius 2 is 1.79 bits per heavy atom. The molecule has 0 bridgehead atoms. The van der Waals surface area contributed by atoms with Gasteiger partial charge in [-0.3, -0.25) is 9.59 Å². The summed E-state index contributed by atoms with van der Waals surface area (Å²) >= 11 is 0. The van der Waals surface area contributed by atoms with Gasteiger partial charge in [0.15, 0.2) is 0 Å². The second kappa shape index (κ2) is 12.3. The molecule has 8 nitrogen and oxygen atoms in total. The first-order chi connectivity index (χ1) is 5.95. The van der Waals surface area contributed by atoms with Crippen LogP contribution in [0.25, 0.3) is 0 Å². The van der Waals surface area contributed by atoms with Gasteiger partial charge in [0.2, 0.25) is 0 Å². The molecule has 0 aromatic heterocycles. The molecular formula is C5H9N2NaO6. The summed E-state index contributed by atoms with van der Waals surface area (Å²) in [7, 11) is 0. The van der Waals surface area contributed by atoms with Crippen LogP contribution < -0.4 is 35.3 Å². The minimum absolute atomic E-state index is 0. The fraction of sp³-hybridized carbons (Fsp3) is 0.600. The van der Waals surface area contributed by atoms with Crippen LogP contribution in [0, 0.1) is 10.1 Å². The van der Waals surface area contributed by atoms with Gasteiger partial charge < -0.3 is 26.1 Å². The molecule has 9 heteroatoms. The van der Waals surface area contributed by atoms with E-state index in [-0.39, 0.29) is 42.4 Å². The molecule has 1 atom stereocenters. The maximum atomic E-state index is 9.99. The molecule has 14 heavy (non-hydrogen) atoms. The molecule has 0 saturated heterocycles. The Kier molecular flexibility index (Phi) is 16.7. The SMILES string of the molecule is N[C@@H](CCC(=O)O)C(=O)O.O=N[O-].[Na+]. The van der Waals surface area contributed by atoms with E-state index < -0.39 is 18.0 Å². The van der Waals surface area contributed by atoms with E-state index in [4.69, 9.17) is 26.1 Å². The molecular weight excluding hydrogens is 207 g/mol. The van der Waals surface area contributed by atoms with Crippen molar-refractivity contribution in [3.63, 3.8) is 0 Å². The zero-order chi connectivity index (χ0) is 10.9. The van der Waals surface area contributed by atoms with Crippen molar-refractivity contribution in [3.05, 3.63) is 10.1 Å². The van der Waals surface area contributed by atoms with Crippen molar-refractivity contribution in [1.82, 2.24) is 0 Å². The van der Waals surface area contributed by atoms with Gasteiger partial charge in [0, 0.05) is 6.42 Å². The Morgan fingerprint density at radius 1 is 1.43 bits per heavy atom. The van der Waals surface area contributed by atoms with Gasteiger partial charge in [-0.25, -0.2) is 0 Å². The van der Waals surface area contributed by atoms with Crippen molar-refractivity contribution in [2.45, 2.75) is 18.9 Å².